The van der Waals surface area contributed by atoms with Crippen LogP contribution >= 0.6 is 0 Å². The molecule has 1 N–H and O–H groups in total. The molecule has 1 aromatic carbocycles. The topological polar surface area (TPSA) is 90.5 Å². The molecule has 0 bridgehead atoms. The van der Waals surface area contributed by atoms with Crippen molar-refractivity contribution in [3.05, 3.63) is 41.0 Å². The van der Waals surface area contributed by atoms with Gasteiger partial charge in [0.2, 0.25) is 0 Å². The fraction of sp³-hybridized carbons (Fsp3) is 0.368. The predicted molar refractivity (Wildman–Crippen MR) is 104 cm³/mol. The predicted octanol–water partition coefficient (Wildman–Crippen LogP) is 1.24. The molecule has 4 heterocycles. The van der Waals surface area contributed by atoms with Gasteiger partial charge in [0.15, 0.2) is 15.5 Å². The van der Waals surface area contributed by atoms with Gasteiger partial charge in [0.25, 0.3) is 0 Å². The molecule has 2 aromatic heterocycles. The number of para-hydroxylation sites is 2. The van der Waals surface area contributed by atoms with Crippen LogP contribution in [0.15, 0.2) is 24.3 Å². The molecule has 0 radical (unpaired) electrons. The van der Waals surface area contributed by atoms with Crippen LogP contribution in [0.5, 0.6) is 0 Å². The van der Waals surface area contributed by atoms with E-state index in [2.05, 4.69) is 16.3 Å². The number of piperazine rings is 1. The molecule has 27 heavy (non-hydrogen) atoms. The number of nitriles is 1. The van der Waals surface area contributed by atoms with E-state index in [1.54, 1.807) is 0 Å². The summed E-state index contributed by atoms with van der Waals surface area (Å²) in [5.74, 6) is 0.961. The summed E-state index contributed by atoms with van der Waals surface area (Å²) in [6.45, 7) is 3.27. The Bertz CT molecular complexity index is 1220. The van der Waals surface area contributed by atoms with E-state index in [9.17, 15) is 13.7 Å². The highest BCUT2D eigenvalue weighted by atomic mass is 32.2. The molecule has 7 nitrogen and oxygen atoms in total. The molecular weight excluding hydrogens is 362 g/mol. The summed E-state index contributed by atoms with van der Waals surface area (Å²) in [6, 6.07) is 10.1. The van der Waals surface area contributed by atoms with Crippen molar-refractivity contribution in [3.63, 3.8) is 0 Å². The first-order valence-corrected chi connectivity index (χ1v) is 10.9. The van der Waals surface area contributed by atoms with Gasteiger partial charge in [-0.3, -0.25) is 4.40 Å². The van der Waals surface area contributed by atoms with Crippen molar-refractivity contribution >= 4 is 32.3 Å². The maximum atomic E-state index is 12.4. The van der Waals surface area contributed by atoms with Crippen molar-refractivity contribution in [2.24, 2.45) is 0 Å². The van der Waals surface area contributed by atoms with Crippen molar-refractivity contribution in [1.29, 1.82) is 5.26 Å². The monoisotopic (exact) mass is 381 g/mol. The van der Waals surface area contributed by atoms with E-state index in [0.717, 1.165) is 54.2 Å². The standard InChI is InChI=1S/C19H19N5O2S/c20-11-14-13-5-10-27(25,26)12-15(13)19(23-8-6-21-7-9-23)24-17-4-2-1-3-16(17)22-18(14)24/h1-4,21H,5-10,12H2. The summed E-state index contributed by atoms with van der Waals surface area (Å²) in [4.78, 5) is 6.97. The summed E-state index contributed by atoms with van der Waals surface area (Å²) in [5.41, 5.74) is 4.48. The number of benzene rings is 1. The van der Waals surface area contributed by atoms with Gasteiger partial charge in [-0.2, -0.15) is 5.26 Å². The van der Waals surface area contributed by atoms with Crippen LogP contribution in [0.25, 0.3) is 16.7 Å². The maximum absolute atomic E-state index is 12.4. The largest absolute Gasteiger partial charge is 0.355 e. The number of pyridine rings is 1. The summed E-state index contributed by atoms with van der Waals surface area (Å²) in [6.07, 6.45) is 0.374. The van der Waals surface area contributed by atoms with Crippen LogP contribution in [0.3, 0.4) is 0 Å². The number of nitrogens with zero attached hydrogens (tertiary/aromatic N) is 4. The minimum Gasteiger partial charge on any atom is -0.355 e. The molecule has 5 rings (SSSR count). The smallest absolute Gasteiger partial charge is 0.157 e. The van der Waals surface area contributed by atoms with Crippen molar-refractivity contribution in [2.45, 2.75) is 12.2 Å². The fourth-order valence-corrected chi connectivity index (χ4v) is 5.67. The zero-order valence-electron chi connectivity index (χ0n) is 14.8. The molecule has 138 valence electrons. The average molecular weight is 381 g/mol. The highest BCUT2D eigenvalue weighted by Crippen LogP contribution is 2.37. The number of hydrogen-bond donors (Lipinski definition) is 1. The van der Waals surface area contributed by atoms with Crippen molar-refractivity contribution in [2.75, 3.05) is 36.8 Å². The van der Waals surface area contributed by atoms with Gasteiger partial charge < -0.3 is 10.2 Å². The van der Waals surface area contributed by atoms with Crippen LogP contribution in [-0.4, -0.2) is 49.7 Å². The molecule has 0 unspecified atom stereocenters. The van der Waals surface area contributed by atoms with Crippen LogP contribution < -0.4 is 10.2 Å². The van der Waals surface area contributed by atoms with Crippen LogP contribution in [0.1, 0.15) is 16.7 Å². The molecule has 2 aliphatic heterocycles. The summed E-state index contributed by atoms with van der Waals surface area (Å²) < 4.78 is 26.9. The number of imidazole rings is 1. The van der Waals surface area contributed by atoms with Gasteiger partial charge >= 0.3 is 0 Å². The lowest BCUT2D eigenvalue weighted by atomic mass is 10.0. The summed E-state index contributed by atoms with van der Waals surface area (Å²) >= 11 is 0. The van der Waals surface area contributed by atoms with Crippen LogP contribution in [0.2, 0.25) is 0 Å². The first-order chi connectivity index (χ1) is 13.1. The Morgan fingerprint density at radius 1 is 1.15 bits per heavy atom. The molecule has 0 amide bonds. The third-order valence-corrected chi connectivity index (χ3v) is 7.04. The highest BCUT2D eigenvalue weighted by molar-refractivity contribution is 7.90. The van der Waals surface area contributed by atoms with Gasteiger partial charge in [-0.25, -0.2) is 13.4 Å². The first-order valence-electron chi connectivity index (χ1n) is 9.10. The van der Waals surface area contributed by atoms with E-state index < -0.39 is 9.84 Å². The number of sulfone groups is 1. The minimum absolute atomic E-state index is 0.0152. The number of rotatable bonds is 1. The van der Waals surface area contributed by atoms with Crippen molar-refractivity contribution < 1.29 is 8.42 Å². The quantitative estimate of drug-likeness (QED) is 0.682. The maximum Gasteiger partial charge on any atom is 0.157 e. The molecule has 0 aliphatic carbocycles. The number of hydrogen-bond acceptors (Lipinski definition) is 6. The second kappa shape index (κ2) is 5.94. The van der Waals surface area contributed by atoms with Crippen molar-refractivity contribution in [3.8, 4) is 6.07 Å². The summed E-state index contributed by atoms with van der Waals surface area (Å²) in [5, 5.41) is 13.2. The normalized spacial score (nSPS) is 19.1. The Hall–Kier alpha value is -2.63. The lowest BCUT2D eigenvalue weighted by Gasteiger charge is -2.34. The van der Waals surface area contributed by atoms with Gasteiger partial charge in [0, 0.05) is 31.7 Å². The van der Waals surface area contributed by atoms with E-state index in [-0.39, 0.29) is 11.5 Å². The van der Waals surface area contributed by atoms with E-state index in [1.165, 1.54) is 0 Å². The summed E-state index contributed by atoms with van der Waals surface area (Å²) in [7, 11) is -3.17. The average Bonchev–Trinajstić information content (AvgIpc) is 3.05. The second-order valence-electron chi connectivity index (χ2n) is 7.11. The third kappa shape index (κ3) is 2.50. The Morgan fingerprint density at radius 2 is 1.93 bits per heavy atom. The van der Waals surface area contributed by atoms with Gasteiger partial charge in [-0.05, 0) is 24.1 Å². The van der Waals surface area contributed by atoms with Gasteiger partial charge in [0.05, 0.1) is 28.1 Å². The molecular formula is C19H19N5O2S. The van der Waals surface area contributed by atoms with E-state index in [1.807, 2.05) is 28.7 Å². The highest BCUT2D eigenvalue weighted by Gasteiger charge is 2.32. The van der Waals surface area contributed by atoms with Gasteiger partial charge in [0.1, 0.15) is 11.9 Å². The Labute approximate surface area is 157 Å². The number of aromatic nitrogens is 2. The lowest BCUT2D eigenvalue weighted by molar-refractivity contribution is 0.578. The Kier molecular flexibility index (Phi) is 3.64. The Morgan fingerprint density at radius 3 is 2.70 bits per heavy atom. The zero-order valence-corrected chi connectivity index (χ0v) is 15.6. The van der Waals surface area contributed by atoms with Gasteiger partial charge in [-0.15, -0.1) is 0 Å². The van der Waals surface area contributed by atoms with Crippen molar-refractivity contribution in [1.82, 2.24) is 14.7 Å². The molecule has 8 heteroatoms. The van der Waals surface area contributed by atoms with E-state index in [0.29, 0.717) is 17.6 Å². The Balaban J connectivity index is 1.95. The minimum atomic E-state index is -3.17. The van der Waals surface area contributed by atoms with Crippen LogP contribution in [-0.2, 0) is 22.0 Å². The second-order valence-corrected chi connectivity index (χ2v) is 9.29. The molecule has 0 atom stereocenters. The molecule has 2 aliphatic rings. The third-order valence-electron chi connectivity index (χ3n) is 5.49. The first kappa shape index (κ1) is 16.5. The fourth-order valence-electron chi connectivity index (χ4n) is 4.27. The van der Waals surface area contributed by atoms with E-state index >= 15 is 0 Å². The molecule has 0 spiro atoms. The van der Waals surface area contributed by atoms with Crippen LogP contribution in [0.4, 0.5) is 5.82 Å². The number of nitrogens with one attached hydrogen (secondary N) is 1. The number of fused-ring (bicyclic) bond motifs is 4. The zero-order chi connectivity index (χ0) is 18.6. The lowest BCUT2D eigenvalue weighted by Crippen LogP contribution is -2.45. The number of anilines is 1. The van der Waals surface area contributed by atoms with E-state index in [4.69, 9.17) is 4.98 Å². The van der Waals surface area contributed by atoms with Crippen LogP contribution in [0, 0.1) is 11.3 Å². The molecule has 1 fully saturated rings. The molecule has 1 saturated heterocycles. The van der Waals surface area contributed by atoms with Gasteiger partial charge in [-0.1, -0.05) is 12.1 Å². The SMILES string of the molecule is N#Cc1c2c(c(N3CCNCC3)n3c1nc1ccccc13)CS(=O)(=O)CC2. The molecule has 3 aromatic rings. The molecule has 0 saturated carbocycles.